The minimum absolute atomic E-state index is 0.670. The van der Waals surface area contributed by atoms with Crippen molar-refractivity contribution in [3.05, 3.63) is 72.8 Å². The van der Waals surface area contributed by atoms with Crippen LogP contribution >= 0.6 is 0 Å². The monoisotopic (exact) mass is 321 g/mol. The van der Waals surface area contributed by atoms with Crippen LogP contribution in [0.2, 0.25) is 0 Å². The Morgan fingerprint density at radius 1 is 0.667 bits per heavy atom. The topological polar surface area (TPSA) is 39.7 Å². The van der Waals surface area contributed by atoms with Crippen LogP contribution in [0.25, 0.3) is 0 Å². The highest BCUT2D eigenvalue weighted by Crippen LogP contribution is 2.35. The fraction of sp³-hybridized carbons (Fsp3) is 0.100. The Bertz CT molecular complexity index is 803. The molecule has 0 fully saturated rings. The number of hydrogen-bond donors (Lipinski definition) is 1. The zero-order chi connectivity index (χ0) is 16.8. The van der Waals surface area contributed by atoms with Gasteiger partial charge >= 0.3 is 0 Å². The Hall–Kier alpha value is -3.14. The molecule has 24 heavy (non-hydrogen) atoms. The van der Waals surface area contributed by atoms with Crippen LogP contribution in [0.1, 0.15) is 0 Å². The second kappa shape index (κ2) is 7.42. The summed E-state index contributed by atoms with van der Waals surface area (Å²) < 4.78 is 16.6. The summed E-state index contributed by atoms with van der Waals surface area (Å²) in [5.74, 6) is 2.90. The number of nitrogens with one attached hydrogen (secondary N) is 1. The molecule has 0 bridgehead atoms. The summed E-state index contributed by atoms with van der Waals surface area (Å²) in [5, 5.41) is 3.36. The van der Waals surface area contributed by atoms with Crippen molar-refractivity contribution in [3.63, 3.8) is 0 Å². The fourth-order valence-electron chi connectivity index (χ4n) is 2.34. The highest BCUT2D eigenvalue weighted by atomic mass is 16.5. The first-order valence-corrected chi connectivity index (χ1v) is 7.61. The predicted octanol–water partition coefficient (Wildman–Crippen LogP) is 5.24. The van der Waals surface area contributed by atoms with Gasteiger partial charge in [-0.05, 0) is 36.4 Å². The van der Waals surface area contributed by atoms with E-state index in [2.05, 4.69) is 5.32 Å². The third-order valence-electron chi connectivity index (χ3n) is 3.52. The van der Waals surface area contributed by atoms with E-state index in [0.29, 0.717) is 11.5 Å². The summed E-state index contributed by atoms with van der Waals surface area (Å²) in [6.45, 7) is 0. The molecule has 3 rings (SSSR count). The van der Waals surface area contributed by atoms with Gasteiger partial charge in [0.05, 0.1) is 19.9 Å². The Labute approximate surface area is 141 Å². The van der Waals surface area contributed by atoms with Crippen LogP contribution in [0.15, 0.2) is 72.8 Å². The average molecular weight is 321 g/mol. The van der Waals surface area contributed by atoms with Gasteiger partial charge < -0.3 is 19.5 Å². The Morgan fingerprint density at radius 3 is 2.12 bits per heavy atom. The normalized spacial score (nSPS) is 10.1. The van der Waals surface area contributed by atoms with Crippen molar-refractivity contribution < 1.29 is 14.2 Å². The lowest BCUT2D eigenvalue weighted by molar-refractivity contribution is 0.355. The van der Waals surface area contributed by atoms with Crippen LogP contribution in [0.3, 0.4) is 0 Å². The molecule has 0 atom stereocenters. The second-order valence-corrected chi connectivity index (χ2v) is 5.11. The van der Waals surface area contributed by atoms with Gasteiger partial charge in [0.1, 0.15) is 5.75 Å². The zero-order valence-electron chi connectivity index (χ0n) is 13.7. The van der Waals surface area contributed by atoms with Gasteiger partial charge in [0.25, 0.3) is 0 Å². The molecule has 0 aromatic heterocycles. The van der Waals surface area contributed by atoms with Gasteiger partial charge in [-0.15, -0.1) is 0 Å². The number of hydrogen-bond acceptors (Lipinski definition) is 4. The van der Waals surface area contributed by atoms with Crippen molar-refractivity contribution in [3.8, 4) is 23.0 Å². The molecule has 0 aliphatic heterocycles. The van der Waals surface area contributed by atoms with E-state index in [9.17, 15) is 0 Å². The lowest BCUT2D eigenvalue weighted by atomic mass is 10.2. The van der Waals surface area contributed by atoms with E-state index in [1.165, 1.54) is 0 Å². The van der Waals surface area contributed by atoms with E-state index in [1.807, 2.05) is 72.8 Å². The van der Waals surface area contributed by atoms with Crippen LogP contribution in [0, 0.1) is 0 Å². The number of anilines is 2. The summed E-state index contributed by atoms with van der Waals surface area (Å²) in [6.07, 6.45) is 0. The molecule has 1 N–H and O–H groups in total. The van der Waals surface area contributed by atoms with Crippen LogP contribution in [0.4, 0.5) is 11.4 Å². The molecule has 0 unspecified atom stereocenters. The van der Waals surface area contributed by atoms with E-state index in [0.717, 1.165) is 22.9 Å². The van der Waals surface area contributed by atoms with Gasteiger partial charge in [-0.25, -0.2) is 0 Å². The van der Waals surface area contributed by atoms with Crippen molar-refractivity contribution >= 4 is 11.4 Å². The standard InChI is InChI=1S/C20H19NO3/c1-22-19-13-12-15(14-20(19)23-2)21-17-10-6-7-11-18(17)24-16-8-4-3-5-9-16/h3-14,21H,1-2H3. The maximum absolute atomic E-state index is 5.96. The van der Waals surface area contributed by atoms with Gasteiger partial charge in [0, 0.05) is 11.8 Å². The van der Waals surface area contributed by atoms with Gasteiger partial charge in [-0.2, -0.15) is 0 Å². The molecule has 4 nitrogen and oxygen atoms in total. The highest BCUT2D eigenvalue weighted by Gasteiger charge is 2.08. The molecule has 0 amide bonds. The van der Waals surface area contributed by atoms with Crippen LogP contribution in [-0.2, 0) is 0 Å². The minimum atomic E-state index is 0.670. The van der Waals surface area contributed by atoms with Crippen LogP contribution in [0.5, 0.6) is 23.0 Å². The average Bonchev–Trinajstić information content (AvgIpc) is 2.64. The molecule has 0 aliphatic carbocycles. The fourth-order valence-corrected chi connectivity index (χ4v) is 2.34. The lowest BCUT2D eigenvalue weighted by Crippen LogP contribution is -1.96. The molecule has 0 spiro atoms. The lowest BCUT2D eigenvalue weighted by Gasteiger charge is -2.14. The van der Waals surface area contributed by atoms with Crippen molar-refractivity contribution in [2.75, 3.05) is 19.5 Å². The first kappa shape index (κ1) is 15.7. The summed E-state index contributed by atoms with van der Waals surface area (Å²) >= 11 is 0. The Balaban J connectivity index is 1.85. The first-order valence-electron chi connectivity index (χ1n) is 7.61. The van der Waals surface area contributed by atoms with E-state index in [1.54, 1.807) is 14.2 Å². The van der Waals surface area contributed by atoms with Crippen molar-refractivity contribution in [2.24, 2.45) is 0 Å². The predicted molar refractivity (Wildman–Crippen MR) is 95.8 cm³/mol. The van der Waals surface area contributed by atoms with Gasteiger partial charge in [-0.3, -0.25) is 0 Å². The third kappa shape index (κ3) is 3.60. The summed E-state index contributed by atoms with van der Waals surface area (Å²) in [5.41, 5.74) is 1.75. The van der Waals surface area contributed by atoms with Crippen molar-refractivity contribution in [1.82, 2.24) is 0 Å². The molecule has 122 valence electrons. The molecular weight excluding hydrogens is 302 g/mol. The van der Waals surface area contributed by atoms with E-state index >= 15 is 0 Å². The molecule has 0 radical (unpaired) electrons. The van der Waals surface area contributed by atoms with E-state index in [4.69, 9.17) is 14.2 Å². The van der Waals surface area contributed by atoms with Crippen molar-refractivity contribution in [1.29, 1.82) is 0 Å². The molecule has 4 heteroatoms. The second-order valence-electron chi connectivity index (χ2n) is 5.11. The van der Waals surface area contributed by atoms with Gasteiger partial charge in [0.2, 0.25) is 0 Å². The molecule has 0 aliphatic rings. The highest BCUT2D eigenvalue weighted by molar-refractivity contribution is 5.68. The number of rotatable bonds is 6. The number of benzene rings is 3. The van der Waals surface area contributed by atoms with E-state index in [-0.39, 0.29) is 0 Å². The van der Waals surface area contributed by atoms with Crippen molar-refractivity contribution in [2.45, 2.75) is 0 Å². The van der Waals surface area contributed by atoms with E-state index < -0.39 is 0 Å². The number of ether oxygens (including phenoxy) is 3. The molecule has 0 heterocycles. The van der Waals surface area contributed by atoms with Crippen LogP contribution in [-0.4, -0.2) is 14.2 Å². The largest absolute Gasteiger partial charge is 0.493 e. The quantitative estimate of drug-likeness (QED) is 0.674. The van der Waals surface area contributed by atoms with Crippen LogP contribution < -0.4 is 19.5 Å². The third-order valence-corrected chi connectivity index (χ3v) is 3.52. The Morgan fingerprint density at radius 2 is 1.38 bits per heavy atom. The van der Waals surface area contributed by atoms with Gasteiger partial charge in [0.15, 0.2) is 17.2 Å². The summed E-state index contributed by atoms with van der Waals surface area (Å²) in [7, 11) is 3.24. The molecule has 3 aromatic rings. The SMILES string of the molecule is COc1ccc(Nc2ccccc2Oc2ccccc2)cc1OC. The Kier molecular flexibility index (Phi) is 4.87. The maximum Gasteiger partial charge on any atom is 0.162 e. The first-order chi connectivity index (χ1) is 11.8. The summed E-state index contributed by atoms with van der Waals surface area (Å²) in [6, 6.07) is 23.2. The molecular formula is C20H19NO3. The number of para-hydroxylation sites is 3. The maximum atomic E-state index is 5.96. The smallest absolute Gasteiger partial charge is 0.162 e. The number of methoxy groups -OCH3 is 2. The van der Waals surface area contributed by atoms with Gasteiger partial charge in [-0.1, -0.05) is 30.3 Å². The molecule has 0 saturated heterocycles. The zero-order valence-corrected chi connectivity index (χ0v) is 13.7. The molecule has 0 saturated carbocycles. The molecule has 3 aromatic carbocycles. The minimum Gasteiger partial charge on any atom is -0.493 e. The summed E-state index contributed by atoms with van der Waals surface area (Å²) in [4.78, 5) is 0.